The molecule has 1 aliphatic heterocycles. The number of aliphatic hydroxyl groups excluding tert-OH is 1. The quantitative estimate of drug-likeness (QED) is 0.348. The number of fused-ring (bicyclic) bond motifs is 1. The molecule has 1 unspecified atom stereocenters. The van der Waals surface area contributed by atoms with Crippen LogP contribution in [0.25, 0.3) is 5.69 Å². The summed E-state index contributed by atoms with van der Waals surface area (Å²) in [5, 5.41) is 21.8. The highest BCUT2D eigenvalue weighted by Crippen LogP contribution is 2.33. The van der Waals surface area contributed by atoms with E-state index in [0.29, 0.717) is 11.4 Å². The van der Waals surface area contributed by atoms with Gasteiger partial charge in [-0.15, -0.1) is 0 Å². The zero-order chi connectivity index (χ0) is 24.6. The molecule has 1 aliphatic carbocycles. The van der Waals surface area contributed by atoms with E-state index in [9.17, 15) is 22.7 Å². The van der Waals surface area contributed by atoms with Crippen molar-refractivity contribution in [1.29, 1.82) is 0 Å². The maximum absolute atomic E-state index is 13.9. The summed E-state index contributed by atoms with van der Waals surface area (Å²) in [6.45, 7) is -0.894. The number of aromatic nitrogens is 2. The van der Waals surface area contributed by atoms with Crippen LogP contribution in [0.3, 0.4) is 0 Å². The molecule has 0 amide bonds. The van der Waals surface area contributed by atoms with Gasteiger partial charge in [0.2, 0.25) is 0 Å². The molecule has 35 heavy (non-hydrogen) atoms. The summed E-state index contributed by atoms with van der Waals surface area (Å²) in [5.74, 6) is -0.207. The van der Waals surface area contributed by atoms with Gasteiger partial charge in [-0.1, -0.05) is 30.3 Å². The Hall–Kier alpha value is -2.95. The van der Waals surface area contributed by atoms with Gasteiger partial charge in [0.15, 0.2) is 6.35 Å². The fourth-order valence-electron chi connectivity index (χ4n) is 5.18. The van der Waals surface area contributed by atoms with Crippen molar-refractivity contribution in [3.8, 4) is 5.69 Å². The summed E-state index contributed by atoms with van der Waals surface area (Å²) in [5.41, 5.74) is 3.43. The molecule has 2 aromatic carbocycles. The Morgan fingerprint density at radius 1 is 1.06 bits per heavy atom. The number of para-hydroxylation sites is 1. The van der Waals surface area contributed by atoms with E-state index in [1.54, 1.807) is 16.8 Å². The second-order valence-corrected chi connectivity index (χ2v) is 9.17. The van der Waals surface area contributed by atoms with Gasteiger partial charge in [0.25, 0.3) is 0 Å². The van der Waals surface area contributed by atoms with Crippen molar-refractivity contribution >= 4 is 5.82 Å². The lowest BCUT2D eigenvalue weighted by Crippen LogP contribution is -2.47. The van der Waals surface area contributed by atoms with Gasteiger partial charge in [0.05, 0.1) is 17.9 Å². The largest absolute Gasteiger partial charge is 0.401 e. The van der Waals surface area contributed by atoms with Crippen LogP contribution in [0.5, 0.6) is 0 Å². The molecule has 186 valence electrons. The molecule has 0 saturated carbocycles. The molecular formula is C25H27F4N5O. The Labute approximate surface area is 200 Å². The number of nitrogens with one attached hydrogen (secondary N) is 2. The van der Waals surface area contributed by atoms with Crippen LogP contribution < -0.4 is 10.6 Å². The van der Waals surface area contributed by atoms with Crippen molar-refractivity contribution in [2.45, 2.75) is 43.8 Å². The maximum Gasteiger partial charge on any atom is 0.401 e. The molecule has 1 aromatic heterocycles. The SMILES string of the molecule is OC(Nc1c2c(nn1-c1ccccc1)CCC2)N[C@@H]1CN(CC(F)(F)F)C[C@H]1c1cccc(F)c1. The predicted octanol–water partition coefficient (Wildman–Crippen LogP) is 3.81. The summed E-state index contributed by atoms with van der Waals surface area (Å²) in [4.78, 5) is 1.28. The van der Waals surface area contributed by atoms with Gasteiger partial charge in [0.1, 0.15) is 11.6 Å². The lowest BCUT2D eigenvalue weighted by Gasteiger charge is -2.25. The third-order valence-electron chi connectivity index (χ3n) is 6.63. The van der Waals surface area contributed by atoms with Crippen molar-refractivity contribution < 1.29 is 22.7 Å². The fraction of sp³-hybridized carbons (Fsp3) is 0.400. The molecule has 2 heterocycles. The molecule has 0 bridgehead atoms. The van der Waals surface area contributed by atoms with Gasteiger partial charge in [0, 0.05) is 30.6 Å². The molecule has 1 saturated heterocycles. The van der Waals surface area contributed by atoms with Crippen LogP contribution in [0.1, 0.15) is 29.2 Å². The first-order valence-electron chi connectivity index (χ1n) is 11.7. The average Bonchev–Trinajstić information content (AvgIpc) is 3.49. The zero-order valence-corrected chi connectivity index (χ0v) is 19.0. The third kappa shape index (κ3) is 5.34. The van der Waals surface area contributed by atoms with Crippen molar-refractivity contribution in [3.63, 3.8) is 0 Å². The first-order chi connectivity index (χ1) is 16.8. The van der Waals surface area contributed by atoms with Gasteiger partial charge in [-0.05, 0) is 49.1 Å². The molecule has 0 radical (unpaired) electrons. The Morgan fingerprint density at radius 3 is 2.60 bits per heavy atom. The predicted molar refractivity (Wildman–Crippen MR) is 124 cm³/mol. The zero-order valence-electron chi connectivity index (χ0n) is 19.0. The number of rotatable bonds is 7. The minimum atomic E-state index is -4.35. The van der Waals surface area contributed by atoms with Crippen LogP contribution in [0.2, 0.25) is 0 Å². The number of halogens is 4. The monoisotopic (exact) mass is 489 g/mol. The molecule has 10 heteroatoms. The van der Waals surface area contributed by atoms with Crippen LogP contribution in [0.4, 0.5) is 23.4 Å². The van der Waals surface area contributed by atoms with E-state index in [2.05, 4.69) is 10.6 Å². The molecule has 3 N–H and O–H groups in total. The summed E-state index contributed by atoms with van der Waals surface area (Å²) >= 11 is 0. The maximum atomic E-state index is 13.9. The molecular weight excluding hydrogens is 462 g/mol. The van der Waals surface area contributed by atoms with E-state index in [1.165, 1.54) is 17.0 Å². The highest BCUT2D eigenvalue weighted by molar-refractivity contribution is 5.55. The number of aryl methyl sites for hydroxylation is 1. The van der Waals surface area contributed by atoms with Crippen molar-refractivity contribution in [1.82, 2.24) is 20.0 Å². The first kappa shape index (κ1) is 23.8. The number of anilines is 1. The minimum absolute atomic E-state index is 0.0650. The van der Waals surface area contributed by atoms with E-state index in [-0.39, 0.29) is 13.1 Å². The van der Waals surface area contributed by atoms with Crippen LogP contribution in [-0.2, 0) is 12.8 Å². The number of nitrogens with zero attached hydrogens (tertiary/aromatic N) is 3. The summed E-state index contributed by atoms with van der Waals surface area (Å²) in [6, 6.07) is 14.9. The van der Waals surface area contributed by atoms with Gasteiger partial charge in [-0.3, -0.25) is 10.2 Å². The molecule has 2 aliphatic rings. The summed E-state index contributed by atoms with van der Waals surface area (Å²) < 4.78 is 54.9. The van der Waals surface area contributed by atoms with Gasteiger partial charge in [-0.2, -0.15) is 18.3 Å². The van der Waals surface area contributed by atoms with E-state index >= 15 is 0 Å². The third-order valence-corrected chi connectivity index (χ3v) is 6.63. The van der Waals surface area contributed by atoms with Gasteiger partial charge < -0.3 is 10.4 Å². The first-order valence-corrected chi connectivity index (χ1v) is 11.7. The minimum Gasteiger partial charge on any atom is -0.361 e. The van der Waals surface area contributed by atoms with Crippen LogP contribution in [0.15, 0.2) is 54.6 Å². The normalized spacial score (nSPS) is 21.3. The molecule has 5 rings (SSSR count). The van der Waals surface area contributed by atoms with Gasteiger partial charge >= 0.3 is 6.18 Å². The molecule has 6 nitrogen and oxygen atoms in total. The molecule has 3 aromatic rings. The number of hydrogen-bond donors (Lipinski definition) is 3. The Morgan fingerprint density at radius 2 is 1.86 bits per heavy atom. The van der Waals surface area contributed by atoms with Gasteiger partial charge in [-0.25, -0.2) is 9.07 Å². The van der Waals surface area contributed by atoms with Crippen molar-refractivity contribution in [2.75, 3.05) is 25.0 Å². The summed E-state index contributed by atoms with van der Waals surface area (Å²) in [7, 11) is 0. The fourth-order valence-corrected chi connectivity index (χ4v) is 5.18. The van der Waals surface area contributed by atoms with E-state index in [4.69, 9.17) is 5.10 Å². The highest BCUT2D eigenvalue weighted by Gasteiger charge is 2.40. The average molecular weight is 490 g/mol. The Balaban J connectivity index is 1.37. The second kappa shape index (κ2) is 9.60. The molecule has 3 atom stereocenters. The topological polar surface area (TPSA) is 65.3 Å². The lowest BCUT2D eigenvalue weighted by atomic mass is 9.94. The van der Waals surface area contributed by atoms with E-state index in [0.717, 1.165) is 36.2 Å². The summed E-state index contributed by atoms with van der Waals surface area (Å²) in [6.07, 6.45) is -2.94. The molecule has 0 spiro atoms. The number of alkyl halides is 3. The van der Waals surface area contributed by atoms with Crippen LogP contribution in [-0.4, -0.2) is 58.0 Å². The Bertz CT molecular complexity index is 1170. The second-order valence-electron chi connectivity index (χ2n) is 9.17. The van der Waals surface area contributed by atoms with Crippen molar-refractivity contribution in [3.05, 3.63) is 77.2 Å². The van der Waals surface area contributed by atoms with Crippen LogP contribution >= 0.6 is 0 Å². The number of hydrogen-bond acceptors (Lipinski definition) is 5. The van der Waals surface area contributed by atoms with Crippen molar-refractivity contribution in [2.24, 2.45) is 0 Å². The Kier molecular flexibility index (Phi) is 6.52. The van der Waals surface area contributed by atoms with E-state index < -0.39 is 36.8 Å². The lowest BCUT2D eigenvalue weighted by molar-refractivity contribution is -0.143. The number of aliphatic hydroxyl groups is 1. The standard InChI is InChI=1S/C25H27F4N5O/c26-17-7-4-6-16(12-17)20-13-33(15-25(27,28)29)14-22(20)30-24(35)31-23-19-10-5-11-21(19)32-34(23)18-8-2-1-3-9-18/h1-4,6-9,12,20,22,24,30-31,35H,5,10-11,13-15H2/t20-,22+,24?/m0/s1. The highest BCUT2D eigenvalue weighted by atomic mass is 19.4. The number of likely N-dealkylation sites (tertiary alicyclic amines) is 1. The van der Waals surface area contributed by atoms with E-state index in [1.807, 2.05) is 30.3 Å². The smallest absolute Gasteiger partial charge is 0.361 e. The molecule has 1 fully saturated rings. The van der Waals surface area contributed by atoms with Crippen LogP contribution in [0, 0.1) is 5.82 Å². The number of benzene rings is 2.